The minimum Gasteiger partial charge on any atom is -0.493 e. The third kappa shape index (κ3) is 4.32. The van der Waals surface area contributed by atoms with Gasteiger partial charge in [-0.15, -0.1) is 0 Å². The maximum absolute atomic E-state index is 14.4. The number of anilines is 1. The Balaban J connectivity index is 1.97. The van der Waals surface area contributed by atoms with Gasteiger partial charge in [0.1, 0.15) is 11.7 Å². The van der Waals surface area contributed by atoms with Crippen LogP contribution in [0.3, 0.4) is 0 Å². The van der Waals surface area contributed by atoms with Crippen molar-refractivity contribution in [3.8, 4) is 5.75 Å². The Morgan fingerprint density at radius 3 is 2.66 bits per heavy atom. The first kappa shape index (κ1) is 24.0. The summed E-state index contributed by atoms with van der Waals surface area (Å²) in [6.45, 7) is 6.38. The molecule has 2 aromatic rings. The zero-order valence-electron chi connectivity index (χ0n) is 18.6. The lowest BCUT2D eigenvalue weighted by molar-refractivity contribution is -0.131. The molecule has 0 bridgehead atoms. The van der Waals surface area contributed by atoms with Gasteiger partial charge in [-0.2, -0.15) is 4.39 Å². The fraction of sp³-hybridized carbons (Fsp3) is 0.478. The summed E-state index contributed by atoms with van der Waals surface area (Å²) < 4.78 is 39.4. The second kappa shape index (κ2) is 8.73. The number of ether oxygens (including phenoxy) is 2. The summed E-state index contributed by atoms with van der Waals surface area (Å²) in [5, 5.41) is 22.3. The molecule has 4 atom stereocenters. The van der Waals surface area contributed by atoms with E-state index >= 15 is 0 Å². The van der Waals surface area contributed by atoms with E-state index in [4.69, 9.17) is 9.47 Å². The summed E-state index contributed by atoms with van der Waals surface area (Å²) in [6, 6.07) is 5.40. The molecule has 0 saturated carbocycles. The van der Waals surface area contributed by atoms with Crippen molar-refractivity contribution < 1.29 is 33.3 Å². The van der Waals surface area contributed by atoms with Crippen LogP contribution in [0.1, 0.15) is 44.9 Å². The van der Waals surface area contributed by atoms with Gasteiger partial charge in [0, 0.05) is 23.4 Å². The van der Waals surface area contributed by atoms with Gasteiger partial charge in [0.2, 0.25) is 5.82 Å². The maximum Gasteiger partial charge on any atom is 0.254 e. The van der Waals surface area contributed by atoms with Crippen molar-refractivity contribution in [1.29, 1.82) is 0 Å². The molecule has 1 aliphatic heterocycles. The highest BCUT2D eigenvalue weighted by atomic mass is 19.2. The molecule has 32 heavy (non-hydrogen) atoms. The zero-order chi connectivity index (χ0) is 23.8. The monoisotopic (exact) mass is 450 g/mol. The van der Waals surface area contributed by atoms with Gasteiger partial charge in [-0.3, -0.25) is 9.78 Å². The Hall–Kier alpha value is -2.62. The van der Waals surface area contributed by atoms with Crippen LogP contribution >= 0.6 is 0 Å². The number of halogens is 2. The second-order valence-corrected chi connectivity index (χ2v) is 8.79. The van der Waals surface area contributed by atoms with Crippen LogP contribution in [0.4, 0.5) is 14.5 Å². The van der Waals surface area contributed by atoms with Gasteiger partial charge >= 0.3 is 0 Å². The number of nitrogens with one attached hydrogen (secondary N) is 1. The van der Waals surface area contributed by atoms with Crippen LogP contribution in [0, 0.1) is 17.6 Å². The molecule has 7 nitrogen and oxygen atoms in total. The zero-order valence-corrected chi connectivity index (χ0v) is 18.6. The van der Waals surface area contributed by atoms with E-state index in [1.165, 1.54) is 38.4 Å². The number of nitrogens with zero attached hydrogens (tertiary/aromatic N) is 1. The van der Waals surface area contributed by atoms with E-state index in [-0.39, 0.29) is 17.4 Å². The van der Waals surface area contributed by atoms with Crippen LogP contribution in [0.15, 0.2) is 30.5 Å². The number of carbonyl (C=O) groups excluding carboxylic acids is 1. The van der Waals surface area contributed by atoms with E-state index < -0.39 is 47.4 Å². The molecule has 174 valence electrons. The lowest BCUT2D eigenvalue weighted by atomic mass is 9.78. The first-order chi connectivity index (χ1) is 14.9. The van der Waals surface area contributed by atoms with Crippen molar-refractivity contribution in [1.82, 2.24) is 4.98 Å². The molecule has 3 rings (SSSR count). The highest BCUT2D eigenvalue weighted by molar-refractivity contribution is 5.95. The Kier molecular flexibility index (Phi) is 6.55. The number of pyridine rings is 1. The number of aliphatic hydroxyl groups is 2. The summed E-state index contributed by atoms with van der Waals surface area (Å²) in [6.07, 6.45) is 0.376. The molecule has 1 aliphatic rings. The van der Waals surface area contributed by atoms with Gasteiger partial charge < -0.3 is 25.0 Å². The molecular weight excluding hydrogens is 422 g/mol. The third-order valence-corrected chi connectivity index (χ3v) is 6.18. The van der Waals surface area contributed by atoms with E-state index in [1.54, 1.807) is 0 Å². The molecule has 1 fully saturated rings. The largest absolute Gasteiger partial charge is 0.493 e. The molecule has 1 amide bonds. The average molecular weight is 450 g/mol. The SMILES string of the molecule is COc1c([C@@H]2[C@@H](C(=O)Nc3ccnc([C@](C)(O)CO)c3)OC(C)(C)[C@H]2C)ccc(F)c1F. The number of amides is 1. The van der Waals surface area contributed by atoms with Crippen LogP contribution < -0.4 is 10.1 Å². The second-order valence-electron chi connectivity index (χ2n) is 8.79. The van der Waals surface area contributed by atoms with Crippen LogP contribution in [0.25, 0.3) is 0 Å². The molecule has 0 spiro atoms. The minimum absolute atomic E-state index is 0.178. The predicted molar refractivity (Wildman–Crippen MR) is 113 cm³/mol. The average Bonchev–Trinajstić information content (AvgIpc) is 2.99. The Morgan fingerprint density at radius 2 is 2.03 bits per heavy atom. The standard InChI is InChI=1S/C23H28F2N2O5/c1-12-17(14-6-7-15(24)18(25)19(14)31-5)20(32-22(12,2)3)21(29)27-13-8-9-26-16(10-13)23(4,30)11-28/h6-10,12,17,20,28,30H,11H2,1-5H3,(H,26,27,29)/t12-,17+,20-,23+/m0/s1. The number of aromatic nitrogens is 1. The van der Waals surface area contributed by atoms with Gasteiger partial charge in [0.05, 0.1) is 25.0 Å². The summed E-state index contributed by atoms with van der Waals surface area (Å²) in [7, 11) is 1.24. The lowest BCUT2D eigenvalue weighted by Crippen LogP contribution is -2.33. The Labute approximate surface area is 185 Å². The fourth-order valence-electron chi connectivity index (χ4n) is 3.97. The van der Waals surface area contributed by atoms with Crippen molar-refractivity contribution in [3.63, 3.8) is 0 Å². The van der Waals surface area contributed by atoms with Crippen molar-refractivity contribution >= 4 is 11.6 Å². The molecule has 0 radical (unpaired) electrons. The predicted octanol–water partition coefficient (Wildman–Crippen LogP) is 3.10. The molecule has 1 saturated heterocycles. The third-order valence-electron chi connectivity index (χ3n) is 6.18. The number of rotatable bonds is 6. The lowest BCUT2D eigenvalue weighted by Gasteiger charge is -2.26. The Bertz CT molecular complexity index is 1010. The van der Waals surface area contributed by atoms with Gasteiger partial charge in [-0.05, 0) is 44.9 Å². The highest BCUT2D eigenvalue weighted by Crippen LogP contribution is 2.49. The summed E-state index contributed by atoms with van der Waals surface area (Å²) >= 11 is 0. The maximum atomic E-state index is 14.4. The van der Waals surface area contributed by atoms with Gasteiger partial charge in [0.15, 0.2) is 11.6 Å². The highest BCUT2D eigenvalue weighted by Gasteiger charge is 2.51. The molecule has 0 unspecified atom stereocenters. The van der Waals surface area contributed by atoms with E-state index in [9.17, 15) is 23.8 Å². The number of hydrogen-bond acceptors (Lipinski definition) is 6. The molecule has 1 aromatic carbocycles. The van der Waals surface area contributed by atoms with Crippen LogP contribution in [-0.2, 0) is 15.1 Å². The molecule has 9 heteroatoms. The number of hydrogen-bond donors (Lipinski definition) is 3. The van der Waals surface area contributed by atoms with Crippen molar-refractivity contribution in [2.24, 2.45) is 5.92 Å². The summed E-state index contributed by atoms with van der Waals surface area (Å²) in [4.78, 5) is 17.3. The van der Waals surface area contributed by atoms with Crippen LogP contribution in [0.5, 0.6) is 5.75 Å². The smallest absolute Gasteiger partial charge is 0.254 e. The van der Waals surface area contributed by atoms with Crippen LogP contribution in [0.2, 0.25) is 0 Å². The van der Waals surface area contributed by atoms with Gasteiger partial charge in [0.25, 0.3) is 5.91 Å². The summed E-state index contributed by atoms with van der Waals surface area (Å²) in [5.74, 6) is -3.77. The minimum atomic E-state index is -1.58. The number of methoxy groups -OCH3 is 1. The van der Waals surface area contributed by atoms with E-state index in [2.05, 4.69) is 10.3 Å². The molecule has 2 heterocycles. The first-order valence-corrected chi connectivity index (χ1v) is 10.2. The normalized spacial score (nSPS) is 24.1. The quantitative estimate of drug-likeness (QED) is 0.625. The summed E-state index contributed by atoms with van der Waals surface area (Å²) in [5.41, 5.74) is -1.46. The van der Waals surface area contributed by atoms with Crippen molar-refractivity contribution in [2.45, 2.75) is 50.9 Å². The molecule has 0 aliphatic carbocycles. The Morgan fingerprint density at radius 1 is 1.34 bits per heavy atom. The van der Waals surface area contributed by atoms with Crippen molar-refractivity contribution in [3.05, 3.63) is 53.4 Å². The topological polar surface area (TPSA) is 101 Å². The van der Waals surface area contributed by atoms with Gasteiger partial charge in [-0.25, -0.2) is 4.39 Å². The number of benzene rings is 1. The van der Waals surface area contributed by atoms with Crippen LogP contribution in [-0.4, -0.2) is 46.5 Å². The number of carbonyl (C=O) groups is 1. The fourth-order valence-corrected chi connectivity index (χ4v) is 3.97. The molecule has 1 aromatic heterocycles. The van der Waals surface area contributed by atoms with E-state index in [1.807, 2.05) is 20.8 Å². The molecular formula is C23H28F2N2O5. The first-order valence-electron chi connectivity index (χ1n) is 10.2. The number of aliphatic hydroxyl groups excluding tert-OH is 1. The molecule has 3 N–H and O–H groups in total. The van der Waals surface area contributed by atoms with E-state index in [0.717, 1.165) is 6.07 Å². The van der Waals surface area contributed by atoms with E-state index in [0.29, 0.717) is 11.3 Å². The van der Waals surface area contributed by atoms with Gasteiger partial charge in [-0.1, -0.05) is 13.0 Å². The van der Waals surface area contributed by atoms with Crippen molar-refractivity contribution in [2.75, 3.05) is 19.0 Å².